The molecule has 0 heterocycles. The van der Waals surface area contributed by atoms with E-state index in [1.165, 1.54) is 32.1 Å². The standard InChI is InChI=1S/C16H29N/c1-5-12-7-10-6-11-8-13(9-14(10)11)16(12,17)15(2,3)4/h10-14H,5-9,17H2,1-4H3. The van der Waals surface area contributed by atoms with E-state index < -0.39 is 0 Å². The van der Waals surface area contributed by atoms with Gasteiger partial charge in [0, 0.05) is 5.54 Å². The minimum atomic E-state index is 0.0872. The molecule has 6 unspecified atom stereocenters. The summed E-state index contributed by atoms with van der Waals surface area (Å²) in [6.07, 6.45) is 7.10. The van der Waals surface area contributed by atoms with E-state index in [1.54, 1.807) is 0 Å². The second-order valence-corrected chi connectivity index (χ2v) is 8.11. The zero-order valence-corrected chi connectivity index (χ0v) is 12.0. The lowest BCUT2D eigenvalue weighted by Gasteiger charge is -2.53. The van der Waals surface area contributed by atoms with Crippen LogP contribution in [-0.4, -0.2) is 5.54 Å². The first kappa shape index (κ1) is 12.0. The Balaban J connectivity index is 1.99. The second kappa shape index (κ2) is 3.50. The minimum Gasteiger partial charge on any atom is -0.324 e. The summed E-state index contributed by atoms with van der Waals surface area (Å²) in [5.41, 5.74) is 7.40. The molecule has 2 bridgehead atoms. The molecule has 0 aliphatic heterocycles. The van der Waals surface area contributed by atoms with Gasteiger partial charge in [-0.1, -0.05) is 34.1 Å². The second-order valence-electron chi connectivity index (χ2n) is 8.11. The van der Waals surface area contributed by atoms with Crippen LogP contribution in [0.25, 0.3) is 0 Å². The van der Waals surface area contributed by atoms with Crippen molar-refractivity contribution in [3.8, 4) is 0 Å². The van der Waals surface area contributed by atoms with Crippen LogP contribution in [0.5, 0.6) is 0 Å². The molecule has 3 aliphatic rings. The molecule has 2 N–H and O–H groups in total. The Morgan fingerprint density at radius 2 is 1.71 bits per heavy atom. The number of nitrogens with two attached hydrogens (primary N) is 1. The van der Waals surface area contributed by atoms with E-state index in [1.807, 2.05) is 0 Å². The van der Waals surface area contributed by atoms with Gasteiger partial charge in [-0.2, -0.15) is 0 Å². The number of rotatable bonds is 1. The van der Waals surface area contributed by atoms with Crippen molar-refractivity contribution in [2.75, 3.05) is 0 Å². The van der Waals surface area contributed by atoms with Crippen LogP contribution in [0.15, 0.2) is 0 Å². The van der Waals surface area contributed by atoms with Crippen molar-refractivity contribution in [1.82, 2.24) is 0 Å². The highest BCUT2D eigenvalue weighted by atomic mass is 14.9. The Labute approximate surface area is 107 Å². The lowest BCUT2D eigenvalue weighted by atomic mass is 9.55. The van der Waals surface area contributed by atoms with Crippen LogP contribution < -0.4 is 5.73 Å². The summed E-state index contributed by atoms with van der Waals surface area (Å²) >= 11 is 0. The van der Waals surface area contributed by atoms with Crippen molar-refractivity contribution >= 4 is 0 Å². The SMILES string of the molecule is CCC1CC2CC3CC(CC23)C1(N)C(C)(C)C. The molecule has 0 spiro atoms. The number of fused-ring (bicyclic) bond motifs is 1. The zero-order valence-electron chi connectivity index (χ0n) is 12.0. The lowest BCUT2D eigenvalue weighted by molar-refractivity contribution is 0.00564. The van der Waals surface area contributed by atoms with E-state index in [2.05, 4.69) is 27.7 Å². The Kier molecular flexibility index (Phi) is 2.47. The Morgan fingerprint density at radius 3 is 2.29 bits per heavy atom. The highest BCUT2D eigenvalue weighted by Gasteiger charge is 2.60. The summed E-state index contributed by atoms with van der Waals surface area (Å²) < 4.78 is 0. The van der Waals surface area contributed by atoms with Crippen LogP contribution in [0.4, 0.5) is 0 Å². The van der Waals surface area contributed by atoms with E-state index in [0.29, 0.717) is 0 Å². The third kappa shape index (κ3) is 1.41. The molecule has 6 atom stereocenters. The Morgan fingerprint density at radius 1 is 1.06 bits per heavy atom. The molecule has 3 rings (SSSR count). The number of hydrogen-bond donors (Lipinski definition) is 1. The van der Waals surface area contributed by atoms with Gasteiger partial charge in [-0.25, -0.2) is 0 Å². The van der Waals surface area contributed by atoms with Crippen LogP contribution in [0.1, 0.15) is 59.8 Å². The number of hydrogen-bond acceptors (Lipinski definition) is 1. The van der Waals surface area contributed by atoms with Crippen molar-refractivity contribution in [3.05, 3.63) is 0 Å². The molecule has 98 valence electrons. The van der Waals surface area contributed by atoms with E-state index in [0.717, 1.165) is 29.6 Å². The molecular weight excluding hydrogens is 206 g/mol. The van der Waals surface area contributed by atoms with Crippen LogP contribution in [0.2, 0.25) is 0 Å². The average Bonchev–Trinajstić information content (AvgIpc) is 2.49. The molecule has 3 saturated carbocycles. The van der Waals surface area contributed by atoms with Gasteiger partial charge in [-0.3, -0.25) is 0 Å². The van der Waals surface area contributed by atoms with E-state index in [4.69, 9.17) is 5.73 Å². The van der Waals surface area contributed by atoms with Gasteiger partial charge >= 0.3 is 0 Å². The summed E-state index contributed by atoms with van der Waals surface area (Å²) in [7, 11) is 0. The first-order chi connectivity index (χ1) is 7.88. The molecule has 0 saturated heterocycles. The van der Waals surface area contributed by atoms with Crippen molar-refractivity contribution in [1.29, 1.82) is 0 Å². The zero-order chi connectivity index (χ0) is 12.4. The normalized spacial score (nSPS) is 53.1. The van der Waals surface area contributed by atoms with Crippen molar-refractivity contribution in [3.63, 3.8) is 0 Å². The molecule has 0 amide bonds. The third-order valence-electron chi connectivity index (χ3n) is 6.69. The molecule has 17 heavy (non-hydrogen) atoms. The third-order valence-corrected chi connectivity index (χ3v) is 6.69. The van der Waals surface area contributed by atoms with Gasteiger partial charge < -0.3 is 5.73 Å². The average molecular weight is 235 g/mol. The molecular formula is C16H29N. The monoisotopic (exact) mass is 235 g/mol. The molecule has 0 aromatic heterocycles. The predicted molar refractivity (Wildman–Crippen MR) is 72.6 cm³/mol. The molecule has 3 aliphatic carbocycles. The molecule has 0 aromatic rings. The lowest BCUT2D eigenvalue weighted by Crippen LogP contribution is -2.61. The van der Waals surface area contributed by atoms with Crippen LogP contribution in [0, 0.1) is 35.0 Å². The van der Waals surface area contributed by atoms with E-state index in [-0.39, 0.29) is 11.0 Å². The largest absolute Gasteiger partial charge is 0.324 e. The van der Waals surface area contributed by atoms with Crippen LogP contribution >= 0.6 is 0 Å². The van der Waals surface area contributed by atoms with Gasteiger partial charge in [0.1, 0.15) is 0 Å². The maximum absolute atomic E-state index is 7.06. The van der Waals surface area contributed by atoms with Crippen molar-refractivity contribution < 1.29 is 0 Å². The summed E-state index contributed by atoms with van der Waals surface area (Å²) in [4.78, 5) is 0. The Hall–Kier alpha value is -0.0400. The summed E-state index contributed by atoms with van der Waals surface area (Å²) in [5, 5.41) is 0. The first-order valence-corrected chi connectivity index (χ1v) is 7.66. The van der Waals surface area contributed by atoms with Crippen molar-refractivity contribution in [2.45, 2.75) is 65.3 Å². The predicted octanol–water partition coefficient (Wildman–Crippen LogP) is 3.82. The maximum Gasteiger partial charge on any atom is 0.0260 e. The Bertz CT molecular complexity index is 312. The van der Waals surface area contributed by atoms with Gasteiger partial charge in [0.2, 0.25) is 0 Å². The summed E-state index contributed by atoms with van der Waals surface area (Å²) in [5.74, 6) is 4.69. The molecule has 3 fully saturated rings. The fourth-order valence-corrected chi connectivity index (χ4v) is 5.66. The summed E-state index contributed by atoms with van der Waals surface area (Å²) in [6.45, 7) is 9.48. The fraction of sp³-hybridized carbons (Fsp3) is 1.00. The van der Waals surface area contributed by atoms with E-state index >= 15 is 0 Å². The topological polar surface area (TPSA) is 26.0 Å². The van der Waals surface area contributed by atoms with Gasteiger partial charge in [-0.05, 0) is 60.7 Å². The smallest absolute Gasteiger partial charge is 0.0260 e. The highest BCUT2D eigenvalue weighted by Crippen LogP contribution is 2.64. The molecule has 1 nitrogen and oxygen atoms in total. The van der Waals surface area contributed by atoms with Gasteiger partial charge in [0.05, 0.1) is 0 Å². The van der Waals surface area contributed by atoms with E-state index in [9.17, 15) is 0 Å². The molecule has 0 radical (unpaired) electrons. The van der Waals surface area contributed by atoms with Gasteiger partial charge in [0.15, 0.2) is 0 Å². The quantitative estimate of drug-likeness (QED) is 0.734. The first-order valence-electron chi connectivity index (χ1n) is 7.66. The summed E-state index contributed by atoms with van der Waals surface area (Å²) in [6, 6.07) is 0. The highest BCUT2D eigenvalue weighted by molar-refractivity contribution is 5.14. The van der Waals surface area contributed by atoms with Gasteiger partial charge in [-0.15, -0.1) is 0 Å². The van der Waals surface area contributed by atoms with Gasteiger partial charge in [0.25, 0.3) is 0 Å². The maximum atomic E-state index is 7.06. The van der Waals surface area contributed by atoms with Crippen LogP contribution in [0.3, 0.4) is 0 Å². The molecule has 1 heteroatoms. The molecule has 0 aromatic carbocycles. The minimum absolute atomic E-state index is 0.0872. The van der Waals surface area contributed by atoms with Crippen molar-refractivity contribution in [2.24, 2.45) is 40.7 Å². The fourth-order valence-electron chi connectivity index (χ4n) is 5.66. The van der Waals surface area contributed by atoms with Crippen LogP contribution in [-0.2, 0) is 0 Å².